The molecule has 3 aromatic carbocycles. The van der Waals surface area contributed by atoms with Crippen molar-refractivity contribution in [2.75, 3.05) is 6.54 Å². The van der Waals surface area contributed by atoms with E-state index in [9.17, 15) is 66.7 Å². The lowest BCUT2D eigenvalue weighted by Gasteiger charge is -2.39. The molecular weight excluding hydrogens is 841 g/mol. The second-order valence-corrected chi connectivity index (χ2v) is 15.0. The molecule has 0 N–H and O–H groups in total. The lowest BCUT2D eigenvalue weighted by atomic mass is 9.88. The van der Waals surface area contributed by atoms with Gasteiger partial charge in [-0.25, -0.2) is 9.59 Å². The van der Waals surface area contributed by atoms with Gasteiger partial charge in [0.25, 0.3) is 0 Å². The number of hydrogen-bond donors (Lipinski definition) is 0. The van der Waals surface area contributed by atoms with E-state index in [1.807, 2.05) is 0 Å². The number of benzene rings is 3. The van der Waals surface area contributed by atoms with E-state index >= 15 is 0 Å². The molecule has 18 heteroatoms. The van der Waals surface area contributed by atoms with E-state index in [4.69, 9.17) is 9.47 Å². The molecular formula is C43H40F13NO4. The van der Waals surface area contributed by atoms with Gasteiger partial charge in [0, 0.05) is 18.4 Å². The van der Waals surface area contributed by atoms with Crippen molar-refractivity contribution >= 4 is 12.1 Å². The van der Waals surface area contributed by atoms with Gasteiger partial charge in [-0.3, -0.25) is 4.90 Å². The molecule has 0 spiro atoms. The minimum atomic E-state index is -7.98. The van der Waals surface area contributed by atoms with Crippen molar-refractivity contribution in [1.29, 1.82) is 0 Å². The van der Waals surface area contributed by atoms with Gasteiger partial charge in [0.2, 0.25) is 0 Å². The highest BCUT2D eigenvalue weighted by Gasteiger charge is 2.90. The topological polar surface area (TPSA) is 55.8 Å². The molecule has 0 radical (unpaired) electrons. The normalized spacial score (nSPS) is 13.8. The standard InChI is InChI=1S/C43H40F13NO4/c1-29(2)22-24-37(34(58)61-36(3,4)5,27-32-15-10-7-11-16-32)57(26-12-17-30-13-8-6-9-14-30)35(59)60-28-33-20-18-31(19-21-33)23-25-38(44,45)39(46,47)40(48,49)41(50,51)42(52,53)43(54,55)56/h6-11,13-16,18-21,24H,23,25-28H2,1-5H3. The van der Waals surface area contributed by atoms with Gasteiger partial charge >= 0.3 is 47.9 Å². The molecule has 61 heavy (non-hydrogen) atoms. The Morgan fingerprint density at radius 2 is 1.16 bits per heavy atom. The summed E-state index contributed by atoms with van der Waals surface area (Å²) < 4.78 is 188. The van der Waals surface area contributed by atoms with Crippen molar-refractivity contribution in [2.24, 2.45) is 0 Å². The van der Waals surface area contributed by atoms with Gasteiger partial charge in [-0.15, -0.1) is 5.73 Å². The number of alkyl halides is 13. The molecule has 3 aromatic rings. The smallest absolute Gasteiger partial charge is 0.458 e. The summed E-state index contributed by atoms with van der Waals surface area (Å²) in [5.41, 5.74) is 1.52. The Morgan fingerprint density at radius 1 is 0.656 bits per heavy atom. The summed E-state index contributed by atoms with van der Waals surface area (Å²) in [6, 6.07) is 21.3. The molecule has 0 fully saturated rings. The van der Waals surface area contributed by atoms with E-state index in [0.29, 0.717) is 16.7 Å². The number of esters is 1. The Morgan fingerprint density at radius 3 is 1.67 bits per heavy atom. The van der Waals surface area contributed by atoms with E-state index in [1.165, 1.54) is 6.08 Å². The molecule has 0 saturated heterocycles. The number of carbonyl (C=O) groups excluding carboxylic acids is 2. The molecule has 0 saturated carbocycles. The third kappa shape index (κ3) is 11.5. The fourth-order valence-electron chi connectivity index (χ4n) is 5.40. The predicted octanol–water partition coefficient (Wildman–Crippen LogP) is 11.8. The van der Waals surface area contributed by atoms with Gasteiger partial charge in [-0.2, -0.15) is 57.1 Å². The molecule has 0 aliphatic heterocycles. The van der Waals surface area contributed by atoms with E-state index < -0.39 is 85.0 Å². The highest BCUT2D eigenvalue weighted by atomic mass is 19.4. The summed E-state index contributed by atoms with van der Waals surface area (Å²) >= 11 is 0. The second kappa shape index (κ2) is 18.7. The number of hydrogen-bond acceptors (Lipinski definition) is 4. The molecule has 1 amide bonds. The maximum atomic E-state index is 14.4. The van der Waals surface area contributed by atoms with Crippen molar-refractivity contribution in [3.63, 3.8) is 0 Å². The van der Waals surface area contributed by atoms with Gasteiger partial charge in [-0.1, -0.05) is 84.6 Å². The number of ether oxygens (including phenoxy) is 2. The molecule has 0 aliphatic rings. The molecule has 3 rings (SSSR count). The number of aryl methyl sites for hydroxylation is 1. The van der Waals surface area contributed by atoms with Gasteiger partial charge in [0.15, 0.2) is 5.54 Å². The van der Waals surface area contributed by atoms with Crippen LogP contribution in [0, 0.1) is 11.8 Å². The van der Waals surface area contributed by atoms with Crippen molar-refractivity contribution in [1.82, 2.24) is 4.90 Å². The van der Waals surface area contributed by atoms with Crippen molar-refractivity contribution in [3.05, 3.63) is 125 Å². The average Bonchev–Trinajstić information content (AvgIpc) is 3.16. The number of nitrogens with zero attached hydrogens (tertiary/aromatic N) is 1. The first-order chi connectivity index (χ1) is 27.9. The molecule has 332 valence electrons. The van der Waals surface area contributed by atoms with Crippen LogP contribution in [0.25, 0.3) is 0 Å². The van der Waals surface area contributed by atoms with Crippen molar-refractivity contribution < 1.29 is 76.1 Å². The van der Waals surface area contributed by atoms with Crippen LogP contribution >= 0.6 is 0 Å². The minimum absolute atomic E-state index is 0.107. The molecule has 1 unspecified atom stereocenters. The monoisotopic (exact) mass is 881 g/mol. The lowest BCUT2D eigenvalue weighted by molar-refractivity contribution is -0.440. The summed E-state index contributed by atoms with van der Waals surface area (Å²) in [7, 11) is 0. The van der Waals surface area contributed by atoms with Gasteiger partial charge < -0.3 is 9.47 Å². The molecule has 5 nitrogen and oxygen atoms in total. The number of amides is 1. The maximum absolute atomic E-state index is 14.4. The van der Waals surface area contributed by atoms with Crippen molar-refractivity contribution in [3.8, 4) is 11.8 Å². The van der Waals surface area contributed by atoms with Crippen LogP contribution in [0.4, 0.5) is 61.9 Å². The predicted molar refractivity (Wildman–Crippen MR) is 197 cm³/mol. The van der Waals surface area contributed by atoms with Gasteiger partial charge in [0.1, 0.15) is 12.2 Å². The van der Waals surface area contributed by atoms with Gasteiger partial charge in [0.05, 0.1) is 6.54 Å². The van der Waals surface area contributed by atoms with E-state index in [1.54, 1.807) is 95.3 Å². The van der Waals surface area contributed by atoms with Crippen LogP contribution in [0.15, 0.2) is 102 Å². The van der Waals surface area contributed by atoms with Gasteiger partial charge in [-0.05, 0) is 81.5 Å². The fraction of sp³-hybridized carbons (Fsp3) is 0.419. The van der Waals surface area contributed by atoms with Crippen LogP contribution in [0.3, 0.4) is 0 Å². The van der Waals surface area contributed by atoms with Crippen LogP contribution < -0.4 is 0 Å². The largest absolute Gasteiger partial charge is 0.460 e. The Labute approximate surface area is 343 Å². The molecule has 1 atom stereocenters. The first-order valence-corrected chi connectivity index (χ1v) is 18.1. The summed E-state index contributed by atoms with van der Waals surface area (Å²) in [6.45, 7) is 7.23. The fourth-order valence-corrected chi connectivity index (χ4v) is 5.40. The van der Waals surface area contributed by atoms with Crippen molar-refractivity contribution in [2.45, 2.75) is 107 Å². The first kappa shape index (κ1) is 49.9. The zero-order valence-corrected chi connectivity index (χ0v) is 33.2. The number of rotatable bonds is 15. The molecule has 0 heterocycles. The van der Waals surface area contributed by atoms with Crippen LogP contribution in [0.5, 0.6) is 0 Å². The Hall–Kier alpha value is -5.43. The third-order valence-electron chi connectivity index (χ3n) is 8.73. The first-order valence-electron chi connectivity index (χ1n) is 18.1. The Kier molecular flexibility index (Phi) is 15.3. The highest BCUT2D eigenvalue weighted by Crippen LogP contribution is 2.60. The van der Waals surface area contributed by atoms with E-state index in [2.05, 4.69) is 17.6 Å². The summed E-state index contributed by atoms with van der Waals surface area (Å²) in [5.74, 6) is -32.4. The minimum Gasteiger partial charge on any atom is -0.458 e. The van der Waals surface area contributed by atoms with E-state index in [0.717, 1.165) is 29.2 Å². The highest BCUT2D eigenvalue weighted by molar-refractivity contribution is 5.89. The Bertz CT molecular complexity index is 2090. The Balaban J connectivity index is 1.95. The van der Waals surface area contributed by atoms with Crippen LogP contribution in [-0.2, 0) is 33.7 Å². The maximum Gasteiger partial charge on any atom is 0.460 e. The average molecular weight is 882 g/mol. The molecule has 0 aliphatic carbocycles. The number of halogens is 13. The SMILES string of the molecule is CC(C)=C=CC(Cc1ccccc1)(C(=O)OC(C)(C)C)N(CC#Cc1ccccc1)C(=O)OCc1ccc(CCC(F)(F)C(F)(F)C(F)(F)C(F)(F)C(F)(F)C(F)(F)F)cc1. The summed E-state index contributed by atoms with van der Waals surface area (Å²) in [5, 5.41) is 0. The molecule has 0 aromatic heterocycles. The van der Waals surface area contributed by atoms with Crippen LogP contribution in [0.2, 0.25) is 0 Å². The van der Waals surface area contributed by atoms with Crippen LogP contribution in [-0.4, -0.2) is 70.4 Å². The lowest BCUT2D eigenvalue weighted by Crippen LogP contribution is -2.70. The molecule has 0 bridgehead atoms. The quantitative estimate of drug-likeness (QED) is 0.0660. The second-order valence-electron chi connectivity index (χ2n) is 15.0. The van der Waals surface area contributed by atoms with E-state index in [-0.39, 0.29) is 17.5 Å². The van der Waals surface area contributed by atoms with Crippen LogP contribution in [0.1, 0.15) is 63.3 Å². The summed E-state index contributed by atoms with van der Waals surface area (Å²) in [6.07, 6.45) is -11.1. The number of carbonyl (C=O) groups is 2. The zero-order valence-electron chi connectivity index (χ0n) is 33.2. The summed E-state index contributed by atoms with van der Waals surface area (Å²) in [4.78, 5) is 29.5. The zero-order chi connectivity index (χ0) is 46.3. The third-order valence-corrected chi connectivity index (χ3v) is 8.73.